The van der Waals surface area contributed by atoms with Gasteiger partial charge in [-0.1, -0.05) is 0 Å². The van der Waals surface area contributed by atoms with Crippen LogP contribution in [0.5, 0.6) is 0 Å². The molecule has 5 nitrogen and oxygen atoms in total. The van der Waals surface area contributed by atoms with Crippen molar-refractivity contribution in [1.82, 2.24) is 9.97 Å². The molecular weight excluding hydrogens is 194 g/mol. The number of carbonyl (C=O) groups is 1. The van der Waals surface area contributed by atoms with Crippen LogP contribution < -0.4 is 0 Å². The average Bonchev–Trinajstić information content (AvgIpc) is 2.22. The third-order valence-electron chi connectivity index (χ3n) is 1.79. The molecule has 1 aromatic heterocycles. The van der Waals surface area contributed by atoms with Crippen molar-refractivity contribution in [2.24, 2.45) is 0 Å². The maximum absolute atomic E-state index is 11.4. The molecule has 0 aliphatic rings. The van der Waals surface area contributed by atoms with Crippen molar-refractivity contribution in [3.8, 4) is 6.07 Å². The smallest absolute Gasteiger partial charge is 0.328 e. The van der Waals surface area contributed by atoms with E-state index >= 15 is 0 Å². The van der Waals surface area contributed by atoms with Crippen LogP contribution in [0.15, 0.2) is 12.4 Å². The predicted molar refractivity (Wildman–Crippen MR) is 51.8 cm³/mol. The second-order valence-corrected chi connectivity index (χ2v) is 2.88. The molecule has 1 aromatic rings. The van der Waals surface area contributed by atoms with Crippen LogP contribution in [0.1, 0.15) is 24.2 Å². The lowest BCUT2D eigenvalue weighted by atomic mass is 10.1. The van der Waals surface area contributed by atoms with Crippen molar-refractivity contribution < 1.29 is 9.53 Å². The summed E-state index contributed by atoms with van der Waals surface area (Å²) in [6.07, 6.45) is 2.93. The molecule has 15 heavy (non-hydrogen) atoms. The minimum atomic E-state index is -0.939. The summed E-state index contributed by atoms with van der Waals surface area (Å²) in [5.41, 5.74) is 0.460. The van der Waals surface area contributed by atoms with Gasteiger partial charge in [0.25, 0.3) is 0 Å². The summed E-state index contributed by atoms with van der Waals surface area (Å²) in [5, 5.41) is 8.84. The number of esters is 1. The largest absolute Gasteiger partial charge is 0.465 e. The first-order chi connectivity index (χ1) is 7.19. The Labute approximate surface area is 87.7 Å². The van der Waals surface area contributed by atoms with E-state index in [-0.39, 0.29) is 6.61 Å². The van der Waals surface area contributed by atoms with Crippen molar-refractivity contribution in [3.63, 3.8) is 0 Å². The second kappa shape index (κ2) is 5.05. The fourth-order valence-corrected chi connectivity index (χ4v) is 1.04. The number of ether oxygens (including phenoxy) is 1. The van der Waals surface area contributed by atoms with Crippen LogP contribution >= 0.6 is 0 Å². The van der Waals surface area contributed by atoms with Gasteiger partial charge in [0.2, 0.25) is 0 Å². The zero-order valence-corrected chi connectivity index (χ0v) is 8.60. The van der Waals surface area contributed by atoms with E-state index in [2.05, 4.69) is 9.97 Å². The van der Waals surface area contributed by atoms with Crippen molar-refractivity contribution in [2.75, 3.05) is 6.61 Å². The summed E-state index contributed by atoms with van der Waals surface area (Å²) in [4.78, 5) is 19.2. The van der Waals surface area contributed by atoms with Gasteiger partial charge in [-0.15, -0.1) is 0 Å². The summed E-state index contributed by atoms with van der Waals surface area (Å²) in [7, 11) is 0. The van der Waals surface area contributed by atoms with Crippen LogP contribution in [0.25, 0.3) is 0 Å². The molecule has 5 heteroatoms. The minimum absolute atomic E-state index is 0.254. The lowest BCUT2D eigenvalue weighted by Crippen LogP contribution is -2.15. The predicted octanol–water partition coefficient (Wildman–Crippen LogP) is 0.955. The molecule has 0 radical (unpaired) electrons. The summed E-state index contributed by atoms with van der Waals surface area (Å²) < 4.78 is 4.76. The van der Waals surface area contributed by atoms with Gasteiger partial charge >= 0.3 is 5.97 Å². The molecule has 1 atom stereocenters. The lowest BCUT2D eigenvalue weighted by molar-refractivity contribution is -0.143. The van der Waals surface area contributed by atoms with Gasteiger partial charge in [0, 0.05) is 18.0 Å². The highest BCUT2D eigenvalue weighted by molar-refractivity contribution is 5.81. The number of hydrogen-bond acceptors (Lipinski definition) is 5. The fourth-order valence-electron chi connectivity index (χ4n) is 1.04. The van der Waals surface area contributed by atoms with Crippen LogP contribution in [-0.2, 0) is 9.53 Å². The van der Waals surface area contributed by atoms with Crippen LogP contribution in [0.2, 0.25) is 0 Å². The van der Waals surface area contributed by atoms with E-state index in [0.29, 0.717) is 11.4 Å². The van der Waals surface area contributed by atoms with E-state index < -0.39 is 11.9 Å². The van der Waals surface area contributed by atoms with E-state index in [0.717, 1.165) is 0 Å². The molecule has 0 spiro atoms. The zero-order chi connectivity index (χ0) is 11.3. The van der Waals surface area contributed by atoms with Gasteiger partial charge in [0.05, 0.1) is 12.7 Å². The number of hydrogen-bond donors (Lipinski definition) is 0. The third kappa shape index (κ3) is 2.74. The van der Waals surface area contributed by atoms with Crippen LogP contribution in [-0.4, -0.2) is 22.5 Å². The molecule has 0 amide bonds. The number of aryl methyl sites for hydroxylation is 1. The number of carbonyl (C=O) groups excluding carboxylic acids is 1. The summed E-state index contributed by atoms with van der Waals surface area (Å²) >= 11 is 0. The quantitative estimate of drug-likeness (QED) is 0.687. The normalized spacial score (nSPS) is 11.5. The average molecular weight is 205 g/mol. The van der Waals surface area contributed by atoms with Crippen molar-refractivity contribution in [3.05, 3.63) is 23.8 Å². The molecule has 0 saturated heterocycles. The Morgan fingerprint density at radius 3 is 2.67 bits per heavy atom. The van der Waals surface area contributed by atoms with Gasteiger partial charge in [0.15, 0.2) is 5.92 Å². The minimum Gasteiger partial charge on any atom is -0.465 e. The Hall–Kier alpha value is -1.96. The SMILES string of the molecule is CCOC(=O)C(C#N)c1cnc(C)nc1. The molecule has 0 N–H and O–H groups in total. The Morgan fingerprint density at radius 1 is 1.60 bits per heavy atom. The molecule has 1 unspecified atom stereocenters. The fraction of sp³-hybridized carbons (Fsp3) is 0.400. The lowest BCUT2D eigenvalue weighted by Gasteiger charge is -2.07. The molecule has 1 rings (SSSR count). The van der Waals surface area contributed by atoms with Crippen molar-refractivity contribution in [2.45, 2.75) is 19.8 Å². The van der Waals surface area contributed by atoms with Crippen LogP contribution in [0, 0.1) is 18.3 Å². The van der Waals surface area contributed by atoms with Crippen LogP contribution in [0.3, 0.4) is 0 Å². The second-order valence-electron chi connectivity index (χ2n) is 2.88. The zero-order valence-electron chi connectivity index (χ0n) is 8.60. The highest BCUT2D eigenvalue weighted by atomic mass is 16.5. The molecule has 78 valence electrons. The number of nitriles is 1. The topological polar surface area (TPSA) is 75.9 Å². The van der Waals surface area contributed by atoms with Crippen LogP contribution in [0.4, 0.5) is 0 Å². The maximum atomic E-state index is 11.4. The third-order valence-corrected chi connectivity index (χ3v) is 1.79. The molecule has 1 heterocycles. The van der Waals surface area contributed by atoms with E-state index in [4.69, 9.17) is 10.00 Å². The molecule has 0 aliphatic heterocycles. The highest BCUT2D eigenvalue weighted by Crippen LogP contribution is 2.14. The van der Waals surface area contributed by atoms with Gasteiger partial charge in [-0.05, 0) is 13.8 Å². The van der Waals surface area contributed by atoms with Crippen molar-refractivity contribution in [1.29, 1.82) is 5.26 Å². The van der Waals surface area contributed by atoms with Crippen molar-refractivity contribution >= 4 is 5.97 Å². The van der Waals surface area contributed by atoms with Gasteiger partial charge in [-0.3, -0.25) is 4.79 Å². The maximum Gasteiger partial charge on any atom is 0.328 e. The van der Waals surface area contributed by atoms with Gasteiger partial charge in [0.1, 0.15) is 5.82 Å². The Balaban J connectivity index is 2.89. The molecule has 0 bridgehead atoms. The summed E-state index contributed by atoms with van der Waals surface area (Å²) in [5.74, 6) is -0.905. The Morgan fingerprint density at radius 2 is 2.20 bits per heavy atom. The molecule has 0 aliphatic carbocycles. The van der Waals surface area contributed by atoms with Gasteiger partial charge in [-0.2, -0.15) is 5.26 Å². The molecular formula is C10H11N3O2. The van der Waals surface area contributed by atoms with E-state index in [1.807, 2.05) is 6.07 Å². The summed E-state index contributed by atoms with van der Waals surface area (Å²) in [6.45, 7) is 3.68. The summed E-state index contributed by atoms with van der Waals surface area (Å²) in [6, 6.07) is 1.87. The highest BCUT2D eigenvalue weighted by Gasteiger charge is 2.21. The van der Waals surface area contributed by atoms with E-state index in [1.165, 1.54) is 12.4 Å². The van der Waals surface area contributed by atoms with E-state index in [9.17, 15) is 4.79 Å². The van der Waals surface area contributed by atoms with Gasteiger partial charge in [-0.25, -0.2) is 9.97 Å². The monoisotopic (exact) mass is 205 g/mol. The first-order valence-electron chi connectivity index (χ1n) is 4.53. The first-order valence-corrected chi connectivity index (χ1v) is 4.53. The molecule has 0 aromatic carbocycles. The molecule has 0 saturated carbocycles. The standard InChI is InChI=1S/C10H11N3O2/c1-3-15-10(14)9(4-11)8-5-12-7(2)13-6-8/h5-6,9H,3H2,1-2H3. The number of aromatic nitrogens is 2. The number of nitrogens with zero attached hydrogens (tertiary/aromatic N) is 3. The first kappa shape index (κ1) is 11.1. The Kier molecular flexibility index (Phi) is 3.75. The Bertz CT molecular complexity index is 381. The van der Waals surface area contributed by atoms with Gasteiger partial charge < -0.3 is 4.74 Å². The van der Waals surface area contributed by atoms with E-state index in [1.54, 1.807) is 13.8 Å². The number of rotatable bonds is 3. The molecule has 0 fully saturated rings.